The first-order chi connectivity index (χ1) is 8.31. The van der Waals surface area contributed by atoms with Gasteiger partial charge < -0.3 is 19.5 Å². The molecular formula is C10H16N4O3. The smallest absolute Gasteiger partial charge is 0.324 e. The molecular weight excluding hydrogens is 224 g/mol. The molecule has 0 aliphatic carbocycles. The first-order valence-electron chi connectivity index (χ1n) is 5.51. The third kappa shape index (κ3) is 3.16. The molecule has 7 nitrogen and oxygen atoms in total. The summed E-state index contributed by atoms with van der Waals surface area (Å²) in [5, 5.41) is 3.09. The Labute approximate surface area is 99.5 Å². The van der Waals surface area contributed by atoms with Gasteiger partial charge in [-0.25, -0.2) is 0 Å². The molecule has 0 radical (unpaired) electrons. The van der Waals surface area contributed by atoms with Crippen LogP contribution in [0.4, 0.5) is 5.95 Å². The van der Waals surface area contributed by atoms with Crippen LogP contribution in [0.1, 0.15) is 12.8 Å². The summed E-state index contributed by atoms with van der Waals surface area (Å²) in [4.78, 5) is 12.1. The molecule has 1 aromatic heterocycles. The molecule has 7 heteroatoms. The van der Waals surface area contributed by atoms with E-state index in [1.807, 2.05) is 0 Å². The Morgan fingerprint density at radius 1 is 1.24 bits per heavy atom. The van der Waals surface area contributed by atoms with Gasteiger partial charge >= 0.3 is 12.0 Å². The van der Waals surface area contributed by atoms with Crippen LogP contribution < -0.4 is 14.8 Å². The van der Waals surface area contributed by atoms with E-state index in [1.165, 1.54) is 14.2 Å². The molecule has 1 N–H and O–H groups in total. The third-order valence-corrected chi connectivity index (χ3v) is 2.47. The van der Waals surface area contributed by atoms with Gasteiger partial charge in [-0.2, -0.15) is 9.97 Å². The molecule has 2 heterocycles. The highest BCUT2D eigenvalue weighted by molar-refractivity contribution is 5.27. The van der Waals surface area contributed by atoms with Crippen LogP contribution in [0.25, 0.3) is 0 Å². The summed E-state index contributed by atoms with van der Waals surface area (Å²) < 4.78 is 15.4. The van der Waals surface area contributed by atoms with Gasteiger partial charge in [0.15, 0.2) is 0 Å². The van der Waals surface area contributed by atoms with Crippen LogP contribution in [0.15, 0.2) is 0 Å². The maximum atomic E-state index is 5.49. The summed E-state index contributed by atoms with van der Waals surface area (Å²) in [7, 11) is 3.00. The molecule has 0 bridgehead atoms. The van der Waals surface area contributed by atoms with Crippen LogP contribution in [0.5, 0.6) is 12.0 Å². The van der Waals surface area contributed by atoms with E-state index < -0.39 is 0 Å². The molecule has 1 atom stereocenters. The number of anilines is 1. The number of methoxy groups -OCH3 is 2. The average molecular weight is 240 g/mol. The predicted molar refractivity (Wildman–Crippen MR) is 60.4 cm³/mol. The van der Waals surface area contributed by atoms with Crippen LogP contribution in [0.3, 0.4) is 0 Å². The zero-order valence-electron chi connectivity index (χ0n) is 9.97. The van der Waals surface area contributed by atoms with E-state index in [0.29, 0.717) is 12.5 Å². The molecule has 1 aliphatic rings. The van der Waals surface area contributed by atoms with Gasteiger partial charge in [-0.15, -0.1) is 4.98 Å². The standard InChI is InChI=1S/C10H16N4O3/c1-15-9-12-8(13-10(14-9)16-2)11-6-7-4-3-5-17-7/h7H,3-6H2,1-2H3,(H,11,12,13,14). The van der Waals surface area contributed by atoms with Gasteiger partial charge in [0.25, 0.3) is 0 Å². The number of nitrogens with one attached hydrogen (secondary N) is 1. The monoisotopic (exact) mass is 240 g/mol. The third-order valence-electron chi connectivity index (χ3n) is 2.47. The number of rotatable bonds is 5. The minimum Gasteiger partial charge on any atom is -0.467 e. The van der Waals surface area contributed by atoms with Crippen molar-refractivity contribution in [1.29, 1.82) is 0 Å². The van der Waals surface area contributed by atoms with E-state index in [4.69, 9.17) is 14.2 Å². The predicted octanol–water partition coefficient (Wildman–Crippen LogP) is 0.480. The first kappa shape index (κ1) is 11.8. The lowest BCUT2D eigenvalue weighted by molar-refractivity contribution is 0.120. The van der Waals surface area contributed by atoms with Crippen LogP contribution in [-0.4, -0.2) is 48.4 Å². The lowest BCUT2D eigenvalue weighted by Gasteiger charge is -2.11. The molecule has 1 aromatic rings. The van der Waals surface area contributed by atoms with Crippen molar-refractivity contribution in [3.05, 3.63) is 0 Å². The molecule has 1 aliphatic heterocycles. The summed E-state index contributed by atoms with van der Waals surface area (Å²) in [5.74, 6) is 0.434. The van der Waals surface area contributed by atoms with Crippen molar-refractivity contribution in [1.82, 2.24) is 15.0 Å². The Hall–Kier alpha value is -1.63. The molecule has 17 heavy (non-hydrogen) atoms. The van der Waals surface area contributed by atoms with E-state index in [2.05, 4.69) is 20.3 Å². The summed E-state index contributed by atoms with van der Waals surface area (Å²) >= 11 is 0. The van der Waals surface area contributed by atoms with Gasteiger partial charge in [0.05, 0.1) is 20.3 Å². The highest BCUT2D eigenvalue weighted by atomic mass is 16.5. The Kier molecular flexibility index (Phi) is 3.92. The van der Waals surface area contributed by atoms with Crippen molar-refractivity contribution in [2.45, 2.75) is 18.9 Å². The Morgan fingerprint density at radius 2 is 1.94 bits per heavy atom. The van der Waals surface area contributed by atoms with E-state index in [0.717, 1.165) is 19.4 Å². The lowest BCUT2D eigenvalue weighted by atomic mass is 10.2. The van der Waals surface area contributed by atoms with E-state index in [1.54, 1.807) is 0 Å². The van der Waals surface area contributed by atoms with Gasteiger partial charge in [0, 0.05) is 13.2 Å². The molecule has 94 valence electrons. The molecule has 0 spiro atoms. The SMILES string of the molecule is COc1nc(NCC2CCCO2)nc(OC)n1. The van der Waals surface area contributed by atoms with Crippen molar-refractivity contribution < 1.29 is 14.2 Å². The number of hydrogen-bond acceptors (Lipinski definition) is 7. The van der Waals surface area contributed by atoms with Gasteiger partial charge in [-0.05, 0) is 12.8 Å². The van der Waals surface area contributed by atoms with Crippen LogP contribution in [0.2, 0.25) is 0 Å². The average Bonchev–Trinajstić information content (AvgIpc) is 2.89. The number of ether oxygens (including phenoxy) is 3. The number of nitrogens with zero attached hydrogens (tertiary/aromatic N) is 3. The van der Waals surface area contributed by atoms with E-state index in [9.17, 15) is 0 Å². The highest BCUT2D eigenvalue weighted by Gasteiger charge is 2.16. The fourth-order valence-electron chi connectivity index (χ4n) is 1.61. The summed E-state index contributed by atoms with van der Waals surface area (Å²) in [6.45, 7) is 1.51. The van der Waals surface area contributed by atoms with Crippen LogP contribution in [0, 0.1) is 0 Å². The van der Waals surface area contributed by atoms with E-state index >= 15 is 0 Å². The Morgan fingerprint density at radius 3 is 2.47 bits per heavy atom. The molecule has 1 unspecified atom stereocenters. The molecule has 0 saturated carbocycles. The molecule has 1 fully saturated rings. The summed E-state index contributed by atoms with van der Waals surface area (Å²) in [6, 6.07) is 0.457. The zero-order valence-corrected chi connectivity index (χ0v) is 9.97. The van der Waals surface area contributed by atoms with Crippen molar-refractivity contribution in [3.63, 3.8) is 0 Å². The van der Waals surface area contributed by atoms with Gasteiger partial charge in [-0.3, -0.25) is 0 Å². The topological polar surface area (TPSA) is 78.4 Å². The normalized spacial score (nSPS) is 19.1. The maximum absolute atomic E-state index is 5.49. The van der Waals surface area contributed by atoms with Crippen LogP contribution in [-0.2, 0) is 4.74 Å². The van der Waals surface area contributed by atoms with Crippen LogP contribution >= 0.6 is 0 Å². The van der Waals surface area contributed by atoms with Gasteiger partial charge in [0.2, 0.25) is 5.95 Å². The Bertz CT molecular complexity index is 346. The van der Waals surface area contributed by atoms with E-state index in [-0.39, 0.29) is 18.1 Å². The second-order valence-corrected chi connectivity index (χ2v) is 3.65. The second kappa shape index (κ2) is 5.62. The quantitative estimate of drug-likeness (QED) is 0.801. The minimum absolute atomic E-state index is 0.226. The molecule has 1 saturated heterocycles. The lowest BCUT2D eigenvalue weighted by Crippen LogP contribution is -2.20. The fourth-order valence-corrected chi connectivity index (χ4v) is 1.61. The van der Waals surface area contributed by atoms with Gasteiger partial charge in [0.1, 0.15) is 0 Å². The van der Waals surface area contributed by atoms with Crippen molar-refractivity contribution in [2.24, 2.45) is 0 Å². The molecule has 0 aromatic carbocycles. The highest BCUT2D eigenvalue weighted by Crippen LogP contribution is 2.15. The summed E-state index contributed by atoms with van der Waals surface area (Å²) in [5.41, 5.74) is 0. The number of aromatic nitrogens is 3. The zero-order chi connectivity index (χ0) is 12.1. The number of hydrogen-bond donors (Lipinski definition) is 1. The second-order valence-electron chi connectivity index (χ2n) is 3.65. The van der Waals surface area contributed by atoms with Gasteiger partial charge in [-0.1, -0.05) is 0 Å². The molecule has 0 amide bonds. The van der Waals surface area contributed by atoms with Crippen molar-refractivity contribution >= 4 is 5.95 Å². The maximum Gasteiger partial charge on any atom is 0.324 e. The Balaban J connectivity index is 1.98. The molecule has 2 rings (SSSR count). The summed E-state index contributed by atoms with van der Waals surface area (Å²) in [6.07, 6.45) is 2.39. The first-order valence-corrected chi connectivity index (χ1v) is 5.51. The minimum atomic E-state index is 0.226. The van der Waals surface area contributed by atoms with Crippen molar-refractivity contribution in [2.75, 3.05) is 32.7 Å². The van der Waals surface area contributed by atoms with Crippen molar-refractivity contribution in [3.8, 4) is 12.0 Å². The largest absolute Gasteiger partial charge is 0.467 e. The fraction of sp³-hybridized carbons (Fsp3) is 0.700.